The number of aryl methyl sites for hydroxylation is 1. The van der Waals surface area contributed by atoms with Crippen LogP contribution in [0.15, 0.2) is 18.2 Å². The molecule has 0 radical (unpaired) electrons. The number of fused-ring (bicyclic) bond motifs is 1. The van der Waals surface area contributed by atoms with Gasteiger partial charge in [0.2, 0.25) is 0 Å². The molecular formula is C15H18N2O2. The zero-order valence-corrected chi connectivity index (χ0v) is 11.1. The molecule has 1 aliphatic carbocycles. The summed E-state index contributed by atoms with van der Waals surface area (Å²) in [4.78, 5) is 15.9. The van der Waals surface area contributed by atoms with Gasteiger partial charge in [0.25, 0.3) is 0 Å². The fourth-order valence-electron chi connectivity index (χ4n) is 2.79. The Morgan fingerprint density at radius 2 is 2.26 bits per heavy atom. The van der Waals surface area contributed by atoms with Gasteiger partial charge in [-0.15, -0.1) is 0 Å². The Bertz CT molecular complexity index is 626. The highest BCUT2D eigenvalue weighted by molar-refractivity contribution is 6.01. The summed E-state index contributed by atoms with van der Waals surface area (Å²) in [6.07, 6.45) is 5.55. The first-order valence-corrected chi connectivity index (χ1v) is 6.95. The molecule has 0 aliphatic heterocycles. The molecule has 1 N–H and O–H groups in total. The Labute approximate surface area is 112 Å². The molecule has 1 aromatic heterocycles. The van der Waals surface area contributed by atoms with Crippen LogP contribution in [0.25, 0.3) is 11.0 Å². The first-order valence-electron chi connectivity index (χ1n) is 6.95. The molecule has 0 unspecified atom stereocenters. The molecule has 4 nitrogen and oxygen atoms in total. The van der Waals surface area contributed by atoms with Gasteiger partial charge < -0.3 is 9.67 Å². The zero-order valence-electron chi connectivity index (χ0n) is 11.1. The standard InChI is InChI=1S/C15H18N2O2/c1-2-5-13-16-14-11(15(18)19)8-4-9-12(14)17(13)10-6-3-7-10/h4,8-10H,2-3,5-7H2,1H3,(H,18,19). The number of imidazole rings is 1. The van der Waals surface area contributed by atoms with E-state index in [1.807, 2.05) is 12.1 Å². The molecule has 100 valence electrons. The van der Waals surface area contributed by atoms with Crippen molar-refractivity contribution in [1.29, 1.82) is 0 Å². The topological polar surface area (TPSA) is 55.1 Å². The average Bonchev–Trinajstić information content (AvgIpc) is 2.66. The Morgan fingerprint density at radius 1 is 1.47 bits per heavy atom. The predicted octanol–water partition coefficient (Wildman–Crippen LogP) is 3.41. The molecular weight excluding hydrogens is 240 g/mol. The fraction of sp³-hybridized carbons (Fsp3) is 0.467. The smallest absolute Gasteiger partial charge is 0.337 e. The second kappa shape index (κ2) is 4.68. The number of rotatable bonds is 4. The fourth-order valence-corrected chi connectivity index (χ4v) is 2.79. The quantitative estimate of drug-likeness (QED) is 0.914. The van der Waals surface area contributed by atoms with E-state index in [4.69, 9.17) is 0 Å². The van der Waals surface area contributed by atoms with Crippen LogP contribution in [-0.4, -0.2) is 20.6 Å². The number of aromatic carboxylic acids is 1. The molecule has 1 aromatic carbocycles. The second-order valence-corrected chi connectivity index (χ2v) is 5.21. The van der Waals surface area contributed by atoms with E-state index in [0.29, 0.717) is 17.1 Å². The van der Waals surface area contributed by atoms with Gasteiger partial charge >= 0.3 is 5.97 Å². The van der Waals surface area contributed by atoms with Crippen LogP contribution >= 0.6 is 0 Å². The number of carboxylic acids is 1. The normalized spacial score (nSPS) is 15.6. The van der Waals surface area contributed by atoms with Gasteiger partial charge in [0.05, 0.1) is 11.1 Å². The number of para-hydroxylation sites is 1. The lowest BCUT2D eigenvalue weighted by molar-refractivity contribution is 0.0699. The SMILES string of the molecule is CCCc1nc2c(C(=O)O)cccc2n1C1CCC1. The number of nitrogens with zero attached hydrogens (tertiary/aromatic N) is 2. The number of hydrogen-bond acceptors (Lipinski definition) is 2. The third-order valence-electron chi connectivity index (χ3n) is 3.94. The van der Waals surface area contributed by atoms with Gasteiger partial charge in [-0.3, -0.25) is 0 Å². The average molecular weight is 258 g/mol. The first-order chi connectivity index (χ1) is 9.22. The van der Waals surface area contributed by atoms with Crippen LogP contribution < -0.4 is 0 Å². The van der Waals surface area contributed by atoms with Crippen molar-refractivity contribution < 1.29 is 9.90 Å². The van der Waals surface area contributed by atoms with E-state index >= 15 is 0 Å². The minimum absolute atomic E-state index is 0.313. The lowest BCUT2D eigenvalue weighted by atomic mass is 9.92. The summed E-state index contributed by atoms with van der Waals surface area (Å²) in [7, 11) is 0. The largest absolute Gasteiger partial charge is 0.478 e. The molecule has 0 saturated heterocycles. The monoisotopic (exact) mass is 258 g/mol. The molecule has 0 amide bonds. The minimum atomic E-state index is -0.896. The minimum Gasteiger partial charge on any atom is -0.478 e. The summed E-state index contributed by atoms with van der Waals surface area (Å²) in [6.45, 7) is 2.13. The van der Waals surface area contributed by atoms with Crippen LogP contribution in [0.3, 0.4) is 0 Å². The Balaban J connectivity index is 2.22. The summed E-state index contributed by atoms with van der Waals surface area (Å²) in [5, 5.41) is 9.27. The summed E-state index contributed by atoms with van der Waals surface area (Å²) >= 11 is 0. The lowest BCUT2D eigenvalue weighted by Crippen LogP contribution is -2.19. The van der Waals surface area contributed by atoms with Gasteiger partial charge in [-0.05, 0) is 37.8 Å². The number of aromatic nitrogens is 2. The van der Waals surface area contributed by atoms with Gasteiger partial charge in [-0.25, -0.2) is 9.78 Å². The van der Waals surface area contributed by atoms with E-state index in [1.54, 1.807) is 6.07 Å². The van der Waals surface area contributed by atoms with Gasteiger partial charge in [-0.1, -0.05) is 13.0 Å². The van der Waals surface area contributed by atoms with Crippen LogP contribution in [0.5, 0.6) is 0 Å². The molecule has 4 heteroatoms. The molecule has 2 aromatic rings. The highest BCUT2D eigenvalue weighted by Crippen LogP contribution is 2.36. The van der Waals surface area contributed by atoms with Crippen LogP contribution in [-0.2, 0) is 6.42 Å². The third-order valence-corrected chi connectivity index (χ3v) is 3.94. The summed E-state index contributed by atoms with van der Waals surface area (Å²) in [6, 6.07) is 5.96. The molecule has 1 fully saturated rings. The van der Waals surface area contributed by atoms with Crippen LogP contribution in [0.4, 0.5) is 0 Å². The number of hydrogen-bond donors (Lipinski definition) is 1. The Morgan fingerprint density at radius 3 is 2.84 bits per heavy atom. The molecule has 1 aliphatic rings. The van der Waals surface area contributed by atoms with E-state index in [-0.39, 0.29) is 0 Å². The Kier molecular flexibility index (Phi) is 3.01. The van der Waals surface area contributed by atoms with Crippen molar-refractivity contribution in [2.24, 2.45) is 0 Å². The molecule has 1 heterocycles. The molecule has 0 spiro atoms. The molecule has 0 atom stereocenters. The maximum atomic E-state index is 11.3. The van der Waals surface area contributed by atoms with E-state index < -0.39 is 5.97 Å². The molecule has 3 rings (SSSR count). The van der Waals surface area contributed by atoms with E-state index in [1.165, 1.54) is 19.3 Å². The highest BCUT2D eigenvalue weighted by Gasteiger charge is 2.25. The van der Waals surface area contributed by atoms with Gasteiger partial charge in [0.15, 0.2) is 0 Å². The molecule has 19 heavy (non-hydrogen) atoms. The van der Waals surface area contributed by atoms with Crippen molar-refractivity contribution in [2.45, 2.75) is 45.1 Å². The van der Waals surface area contributed by atoms with E-state index in [9.17, 15) is 9.90 Å². The van der Waals surface area contributed by atoms with Gasteiger partial charge in [0, 0.05) is 12.5 Å². The summed E-state index contributed by atoms with van der Waals surface area (Å²) in [5.41, 5.74) is 1.94. The van der Waals surface area contributed by atoms with Crippen molar-refractivity contribution in [2.75, 3.05) is 0 Å². The first kappa shape index (κ1) is 12.2. The van der Waals surface area contributed by atoms with Crippen LogP contribution in [0.2, 0.25) is 0 Å². The van der Waals surface area contributed by atoms with Crippen LogP contribution in [0.1, 0.15) is 54.8 Å². The summed E-state index contributed by atoms with van der Waals surface area (Å²) in [5.74, 6) is 0.141. The van der Waals surface area contributed by atoms with Gasteiger partial charge in [-0.2, -0.15) is 0 Å². The summed E-state index contributed by atoms with van der Waals surface area (Å²) < 4.78 is 2.27. The third kappa shape index (κ3) is 1.91. The van der Waals surface area contributed by atoms with Gasteiger partial charge in [0.1, 0.15) is 11.3 Å². The number of carboxylic acid groups (broad SMARTS) is 1. The molecule has 0 bridgehead atoms. The lowest BCUT2D eigenvalue weighted by Gasteiger charge is -2.29. The second-order valence-electron chi connectivity index (χ2n) is 5.21. The maximum absolute atomic E-state index is 11.3. The number of benzene rings is 1. The van der Waals surface area contributed by atoms with Crippen molar-refractivity contribution in [1.82, 2.24) is 9.55 Å². The van der Waals surface area contributed by atoms with Crippen LogP contribution in [0, 0.1) is 0 Å². The predicted molar refractivity (Wildman–Crippen MR) is 73.6 cm³/mol. The van der Waals surface area contributed by atoms with Crippen molar-refractivity contribution in [3.63, 3.8) is 0 Å². The van der Waals surface area contributed by atoms with E-state index in [0.717, 1.165) is 24.2 Å². The Hall–Kier alpha value is -1.84. The highest BCUT2D eigenvalue weighted by atomic mass is 16.4. The van der Waals surface area contributed by atoms with E-state index in [2.05, 4.69) is 16.5 Å². The molecule has 1 saturated carbocycles. The maximum Gasteiger partial charge on any atom is 0.337 e. The van der Waals surface area contributed by atoms with Crippen molar-refractivity contribution in [3.8, 4) is 0 Å². The van der Waals surface area contributed by atoms with Crippen molar-refractivity contribution >= 4 is 17.0 Å². The number of carbonyl (C=O) groups is 1. The zero-order chi connectivity index (χ0) is 13.4. The van der Waals surface area contributed by atoms with Crippen molar-refractivity contribution in [3.05, 3.63) is 29.6 Å².